The highest BCUT2D eigenvalue weighted by molar-refractivity contribution is 6.21. The first-order valence-electron chi connectivity index (χ1n) is 30.6. The number of rotatable bonds is 8. The third kappa shape index (κ3) is 7.76. The van der Waals surface area contributed by atoms with Gasteiger partial charge in [-0.05, 0) is 174 Å². The van der Waals surface area contributed by atoms with Gasteiger partial charge >= 0.3 is 0 Å². The van der Waals surface area contributed by atoms with Gasteiger partial charge in [0.2, 0.25) is 0 Å². The van der Waals surface area contributed by atoms with Gasteiger partial charge in [0.25, 0.3) is 0 Å². The van der Waals surface area contributed by atoms with Crippen LogP contribution in [0.3, 0.4) is 0 Å². The Morgan fingerprint density at radius 3 is 1.26 bits per heavy atom. The number of fused-ring (bicyclic) bond motifs is 15. The molecule has 0 radical (unpaired) electrons. The molecule has 420 valence electrons. The molecule has 0 bridgehead atoms. The maximum Gasteiger partial charge on any atom is 0.159 e. The van der Waals surface area contributed by atoms with Crippen LogP contribution in [0.25, 0.3) is 110 Å². The van der Waals surface area contributed by atoms with Crippen molar-refractivity contribution >= 4 is 110 Å². The summed E-state index contributed by atoms with van der Waals surface area (Å²) < 4.78 is 14.4. The Morgan fingerprint density at radius 1 is 0.299 bits per heavy atom. The first-order chi connectivity index (χ1) is 42.3. The smallest absolute Gasteiger partial charge is 0.159 e. The van der Waals surface area contributed by atoms with Crippen molar-refractivity contribution in [3.63, 3.8) is 0 Å². The number of nitrogens with zero attached hydrogens (tertiary/aromatic N) is 2. The standard InChI is InChI=1S/C83H66N2O2/c1-51-25-15-17-31-59(51)64-35-21-37-66-68-39-23-41-73(79(68)86-77(64)66)84(55-27-11-9-12-28-55)57-44-43-53-48-71-72(49-54(53)47-57)83(81(3,4)5,82(6,7)8)76-63-46-45-58(50-70(63)61-33-19-20-34-62(61)75(71)76)85(56-29-13-10-14-30-56)74-42-24-40-69-67-38-22-36-65(78(67)87-80(69)74)60-32-18-16-26-52(60)2/h9-50H,1-8H3. The number of anilines is 6. The fourth-order valence-electron chi connectivity index (χ4n) is 15.9. The molecule has 0 spiro atoms. The van der Waals surface area contributed by atoms with E-state index in [0.29, 0.717) is 0 Å². The predicted octanol–water partition coefficient (Wildman–Crippen LogP) is 24.2. The molecule has 0 saturated heterocycles. The molecule has 4 nitrogen and oxygen atoms in total. The molecule has 0 unspecified atom stereocenters. The van der Waals surface area contributed by atoms with Crippen molar-refractivity contribution in [2.75, 3.05) is 9.80 Å². The van der Waals surface area contributed by atoms with Gasteiger partial charge in [0, 0.05) is 60.8 Å². The summed E-state index contributed by atoms with van der Waals surface area (Å²) in [5.41, 5.74) is 21.1. The van der Waals surface area contributed by atoms with Gasteiger partial charge in [-0.2, -0.15) is 0 Å². The predicted molar refractivity (Wildman–Crippen MR) is 368 cm³/mol. The van der Waals surface area contributed by atoms with Crippen LogP contribution >= 0.6 is 0 Å². The normalized spacial score (nSPS) is 13.1. The summed E-state index contributed by atoms with van der Waals surface area (Å²) in [6.45, 7) is 19.2. The average Bonchev–Trinajstić information content (AvgIpc) is 1.53. The second-order valence-electron chi connectivity index (χ2n) is 26.1. The molecule has 4 heteroatoms. The van der Waals surface area contributed by atoms with Gasteiger partial charge in [0.15, 0.2) is 11.2 Å². The van der Waals surface area contributed by atoms with E-state index < -0.39 is 5.41 Å². The minimum absolute atomic E-state index is 0.251. The van der Waals surface area contributed by atoms with Crippen LogP contribution < -0.4 is 9.80 Å². The van der Waals surface area contributed by atoms with Crippen LogP contribution in [0, 0.1) is 24.7 Å². The lowest BCUT2D eigenvalue weighted by atomic mass is 9.49. The van der Waals surface area contributed by atoms with E-state index in [-0.39, 0.29) is 10.8 Å². The van der Waals surface area contributed by atoms with Crippen LogP contribution in [-0.2, 0) is 5.41 Å². The second kappa shape index (κ2) is 19.4. The highest BCUT2D eigenvalue weighted by Gasteiger charge is 2.59. The summed E-state index contributed by atoms with van der Waals surface area (Å²) in [4.78, 5) is 4.78. The molecule has 0 N–H and O–H groups in total. The van der Waals surface area contributed by atoms with Gasteiger partial charge in [0.1, 0.15) is 11.2 Å². The third-order valence-electron chi connectivity index (χ3n) is 19.2. The van der Waals surface area contributed by atoms with Crippen LogP contribution in [0.4, 0.5) is 34.1 Å². The summed E-state index contributed by atoms with van der Waals surface area (Å²) in [5.74, 6) is 0. The quantitative estimate of drug-likeness (QED) is 0.142. The van der Waals surface area contributed by atoms with Gasteiger partial charge in [-0.25, -0.2) is 0 Å². The lowest BCUT2D eigenvalue weighted by Crippen LogP contribution is -2.50. The Kier molecular flexibility index (Phi) is 11.7. The molecule has 0 fully saturated rings. The van der Waals surface area contributed by atoms with Crippen molar-refractivity contribution < 1.29 is 8.83 Å². The van der Waals surface area contributed by atoms with Crippen molar-refractivity contribution in [1.29, 1.82) is 0 Å². The summed E-state index contributed by atoms with van der Waals surface area (Å²) in [6.07, 6.45) is 0. The number of aryl methyl sites for hydroxylation is 2. The van der Waals surface area contributed by atoms with E-state index in [1.54, 1.807) is 0 Å². The number of hydrogen-bond donors (Lipinski definition) is 0. The molecule has 0 aliphatic heterocycles. The molecule has 2 heterocycles. The van der Waals surface area contributed by atoms with Gasteiger partial charge < -0.3 is 18.6 Å². The van der Waals surface area contributed by atoms with Crippen molar-refractivity contribution in [1.82, 2.24) is 0 Å². The molecule has 0 atom stereocenters. The van der Waals surface area contributed by atoms with Gasteiger partial charge in [0.05, 0.1) is 11.4 Å². The third-order valence-corrected chi connectivity index (χ3v) is 19.2. The Morgan fingerprint density at radius 2 is 0.736 bits per heavy atom. The highest BCUT2D eigenvalue weighted by atomic mass is 16.3. The zero-order valence-corrected chi connectivity index (χ0v) is 50.5. The zero-order chi connectivity index (χ0) is 59.1. The van der Waals surface area contributed by atoms with Crippen LogP contribution in [0.2, 0.25) is 0 Å². The summed E-state index contributed by atoms with van der Waals surface area (Å²) in [6, 6.07) is 93.5. The zero-order valence-electron chi connectivity index (χ0n) is 50.5. The Bertz CT molecular complexity index is 5270. The van der Waals surface area contributed by atoms with Crippen molar-refractivity contribution in [2.24, 2.45) is 10.8 Å². The number of benzene rings is 13. The van der Waals surface area contributed by atoms with E-state index in [9.17, 15) is 0 Å². The van der Waals surface area contributed by atoms with Crippen molar-refractivity contribution in [3.8, 4) is 33.4 Å². The molecular weight excluding hydrogens is 1060 g/mol. The van der Waals surface area contributed by atoms with Gasteiger partial charge in [-0.3, -0.25) is 0 Å². The van der Waals surface area contributed by atoms with E-state index in [0.717, 1.165) is 89.1 Å². The SMILES string of the molecule is Cc1ccccc1-c1cccc2c1oc1c(N(c3ccccc3)c3ccc4cc5c(cc4c3)C(C(C)(C)C)(C(C)(C)C)c3c-5c4ccccc4c4cc(N(c5ccccc5)c5cccc6c5oc5c(-c7ccccc7C)cccc56)ccc34)cccc12. The molecule has 2 aromatic heterocycles. The highest BCUT2D eigenvalue weighted by Crippen LogP contribution is 2.68. The second-order valence-corrected chi connectivity index (χ2v) is 26.1. The lowest BCUT2D eigenvalue weighted by molar-refractivity contribution is 0.0965. The summed E-state index contributed by atoms with van der Waals surface area (Å²) in [7, 11) is 0. The number of furan rings is 2. The van der Waals surface area contributed by atoms with E-state index in [1.807, 2.05) is 0 Å². The number of hydrogen-bond acceptors (Lipinski definition) is 4. The van der Waals surface area contributed by atoms with Crippen LogP contribution in [0.15, 0.2) is 264 Å². The molecule has 15 aromatic rings. The first-order valence-corrected chi connectivity index (χ1v) is 30.6. The monoisotopic (exact) mass is 1120 g/mol. The Labute approximate surface area is 508 Å². The summed E-state index contributed by atoms with van der Waals surface area (Å²) in [5, 5.41) is 11.8. The molecule has 87 heavy (non-hydrogen) atoms. The van der Waals surface area contributed by atoms with Crippen molar-refractivity contribution in [3.05, 3.63) is 277 Å². The van der Waals surface area contributed by atoms with E-state index >= 15 is 0 Å². The molecule has 13 aromatic carbocycles. The molecule has 16 rings (SSSR count). The Hall–Kier alpha value is -10.2. The van der Waals surface area contributed by atoms with Gasteiger partial charge in [-0.1, -0.05) is 224 Å². The fraction of sp³-hybridized carbons (Fsp3) is 0.133. The van der Waals surface area contributed by atoms with Gasteiger partial charge in [-0.15, -0.1) is 0 Å². The maximum atomic E-state index is 7.20. The molecule has 0 amide bonds. The fourth-order valence-corrected chi connectivity index (χ4v) is 15.9. The minimum atomic E-state index is -0.458. The van der Waals surface area contributed by atoms with E-state index in [4.69, 9.17) is 8.83 Å². The topological polar surface area (TPSA) is 32.8 Å². The lowest BCUT2D eigenvalue weighted by Gasteiger charge is -2.53. The first kappa shape index (κ1) is 52.4. The van der Waals surface area contributed by atoms with E-state index in [1.165, 1.54) is 76.8 Å². The maximum absolute atomic E-state index is 7.20. The van der Waals surface area contributed by atoms with Crippen LogP contribution in [-0.4, -0.2) is 0 Å². The molecular formula is C83H66N2O2. The molecule has 0 saturated carbocycles. The molecule has 1 aliphatic carbocycles. The van der Waals surface area contributed by atoms with E-state index in [2.05, 4.69) is 320 Å². The Balaban J connectivity index is 0.902. The van der Waals surface area contributed by atoms with Crippen LogP contribution in [0.5, 0.6) is 0 Å². The number of para-hydroxylation sites is 6. The van der Waals surface area contributed by atoms with Crippen molar-refractivity contribution in [2.45, 2.75) is 60.8 Å². The summed E-state index contributed by atoms with van der Waals surface area (Å²) >= 11 is 0. The molecule has 1 aliphatic rings. The largest absolute Gasteiger partial charge is 0.453 e. The average molecular weight is 1120 g/mol. The van der Waals surface area contributed by atoms with Crippen LogP contribution in [0.1, 0.15) is 63.8 Å². The minimum Gasteiger partial charge on any atom is -0.453 e.